The van der Waals surface area contributed by atoms with Crippen molar-refractivity contribution in [1.29, 1.82) is 0 Å². The lowest BCUT2D eigenvalue weighted by molar-refractivity contribution is 0.0638. The van der Waals surface area contributed by atoms with Crippen LogP contribution in [0.25, 0.3) is 0 Å². The third kappa shape index (κ3) is 3.75. The first-order chi connectivity index (χ1) is 12.6. The third-order valence-electron chi connectivity index (χ3n) is 3.96. The van der Waals surface area contributed by atoms with Gasteiger partial charge in [-0.3, -0.25) is 14.5 Å². The molecular weight excluding hydrogens is 338 g/mol. The van der Waals surface area contributed by atoms with Gasteiger partial charge < -0.3 is 19.8 Å². The van der Waals surface area contributed by atoms with E-state index in [0.29, 0.717) is 36.6 Å². The van der Waals surface area contributed by atoms with Gasteiger partial charge in [0.15, 0.2) is 0 Å². The predicted molar refractivity (Wildman–Crippen MR) is 92.9 cm³/mol. The average molecular weight is 357 g/mol. The van der Waals surface area contributed by atoms with E-state index in [1.165, 1.54) is 17.2 Å². The summed E-state index contributed by atoms with van der Waals surface area (Å²) < 4.78 is 10.1. The van der Waals surface area contributed by atoms with Crippen LogP contribution in [0.15, 0.2) is 41.0 Å². The van der Waals surface area contributed by atoms with Crippen molar-refractivity contribution in [1.82, 2.24) is 10.2 Å². The molecule has 8 nitrogen and oxygen atoms in total. The third-order valence-corrected chi connectivity index (χ3v) is 3.96. The number of nitrogens with one attached hydrogen (secondary N) is 2. The Hall–Kier alpha value is -3.13. The van der Waals surface area contributed by atoms with E-state index in [1.54, 1.807) is 31.4 Å². The predicted octanol–water partition coefficient (Wildman–Crippen LogP) is 2.23. The van der Waals surface area contributed by atoms with Gasteiger partial charge in [0.05, 0.1) is 23.9 Å². The molecule has 0 aliphatic carbocycles. The lowest BCUT2D eigenvalue weighted by Gasteiger charge is -2.12. The van der Waals surface area contributed by atoms with E-state index < -0.39 is 6.03 Å². The first-order valence-corrected chi connectivity index (χ1v) is 8.16. The molecule has 136 valence electrons. The van der Waals surface area contributed by atoms with Crippen LogP contribution in [0.2, 0.25) is 0 Å². The molecule has 2 N–H and O–H groups in total. The van der Waals surface area contributed by atoms with Gasteiger partial charge in [0, 0.05) is 25.9 Å². The molecular formula is C18H19N3O5. The molecule has 0 saturated heterocycles. The van der Waals surface area contributed by atoms with E-state index in [9.17, 15) is 14.4 Å². The number of rotatable bonds is 7. The van der Waals surface area contributed by atoms with E-state index in [2.05, 4.69) is 10.6 Å². The number of fused-ring (bicyclic) bond motifs is 1. The Kier molecular flexibility index (Phi) is 5.33. The zero-order valence-electron chi connectivity index (χ0n) is 14.3. The Labute approximate surface area is 150 Å². The molecule has 0 atom stereocenters. The molecule has 0 spiro atoms. The molecule has 1 aliphatic rings. The molecule has 0 unspecified atom stereocenters. The molecule has 0 bridgehead atoms. The lowest BCUT2D eigenvalue weighted by atomic mass is 10.1. The number of hydrogen-bond donors (Lipinski definition) is 2. The van der Waals surface area contributed by atoms with Crippen molar-refractivity contribution in [3.63, 3.8) is 0 Å². The normalized spacial score (nSPS) is 13.0. The van der Waals surface area contributed by atoms with Crippen LogP contribution in [0.1, 0.15) is 32.9 Å². The van der Waals surface area contributed by atoms with Crippen LogP contribution >= 0.6 is 0 Å². The number of hydrogen-bond acceptors (Lipinski definition) is 5. The van der Waals surface area contributed by atoms with E-state index in [0.717, 1.165) is 0 Å². The Morgan fingerprint density at radius 1 is 1.19 bits per heavy atom. The van der Waals surface area contributed by atoms with Crippen LogP contribution in [-0.4, -0.2) is 43.0 Å². The van der Waals surface area contributed by atoms with E-state index in [4.69, 9.17) is 9.15 Å². The maximum Gasteiger partial charge on any atom is 0.319 e. The standard InChI is InChI=1S/C18H19N3O5/c1-25-8-3-7-21-16(22)14-6-5-12(10-15(14)17(21)23)20-18(24)19-11-13-4-2-9-26-13/h2,4-6,9-10H,3,7-8,11H2,1H3,(H2,19,20,24). The minimum absolute atomic E-state index is 0.245. The summed E-state index contributed by atoms with van der Waals surface area (Å²) in [7, 11) is 1.57. The van der Waals surface area contributed by atoms with Crippen LogP contribution in [0, 0.1) is 0 Å². The Bertz CT molecular complexity index is 816. The zero-order valence-corrected chi connectivity index (χ0v) is 14.3. The van der Waals surface area contributed by atoms with Gasteiger partial charge >= 0.3 is 6.03 Å². The van der Waals surface area contributed by atoms with Crippen molar-refractivity contribution in [3.05, 3.63) is 53.5 Å². The van der Waals surface area contributed by atoms with Gasteiger partial charge in [-0.1, -0.05) is 0 Å². The maximum atomic E-state index is 12.4. The number of nitrogens with zero attached hydrogens (tertiary/aromatic N) is 1. The number of amides is 4. The molecule has 8 heteroatoms. The first kappa shape index (κ1) is 17.7. The second-order valence-electron chi connectivity index (χ2n) is 5.76. The van der Waals surface area contributed by atoms with Gasteiger partial charge in [0.25, 0.3) is 11.8 Å². The molecule has 0 fully saturated rings. The Balaban J connectivity index is 1.63. The van der Waals surface area contributed by atoms with Crippen LogP contribution in [0.3, 0.4) is 0 Å². The van der Waals surface area contributed by atoms with Crippen molar-refractivity contribution in [3.8, 4) is 0 Å². The van der Waals surface area contributed by atoms with Crippen molar-refractivity contribution in [2.45, 2.75) is 13.0 Å². The summed E-state index contributed by atoms with van der Waals surface area (Å²) in [5.41, 5.74) is 1.06. The van der Waals surface area contributed by atoms with E-state index >= 15 is 0 Å². The summed E-state index contributed by atoms with van der Waals surface area (Å²) in [6.45, 7) is 1.01. The molecule has 0 saturated carbocycles. The first-order valence-electron chi connectivity index (χ1n) is 8.16. The van der Waals surface area contributed by atoms with Gasteiger partial charge in [-0.15, -0.1) is 0 Å². The van der Waals surface area contributed by atoms with Gasteiger partial charge in [-0.25, -0.2) is 4.79 Å². The second-order valence-corrected chi connectivity index (χ2v) is 5.76. The fraction of sp³-hybridized carbons (Fsp3) is 0.278. The highest BCUT2D eigenvalue weighted by Gasteiger charge is 2.35. The summed E-state index contributed by atoms with van der Waals surface area (Å²) in [5.74, 6) is -0.0581. The minimum Gasteiger partial charge on any atom is -0.467 e. The second kappa shape index (κ2) is 7.83. The summed E-state index contributed by atoms with van der Waals surface area (Å²) in [6.07, 6.45) is 2.10. The number of carbonyl (C=O) groups is 3. The van der Waals surface area contributed by atoms with Crippen LogP contribution in [0.4, 0.5) is 10.5 Å². The topological polar surface area (TPSA) is 101 Å². The van der Waals surface area contributed by atoms with Gasteiger partial charge in [-0.2, -0.15) is 0 Å². The molecule has 1 aromatic heterocycles. The van der Waals surface area contributed by atoms with E-state index in [1.807, 2.05) is 0 Å². The smallest absolute Gasteiger partial charge is 0.319 e. The molecule has 1 aliphatic heterocycles. The Morgan fingerprint density at radius 2 is 2.00 bits per heavy atom. The zero-order chi connectivity index (χ0) is 18.5. The monoisotopic (exact) mass is 357 g/mol. The lowest BCUT2D eigenvalue weighted by Crippen LogP contribution is -2.31. The van der Waals surface area contributed by atoms with Gasteiger partial charge in [-0.05, 0) is 36.8 Å². The van der Waals surface area contributed by atoms with Crippen molar-refractivity contribution >= 4 is 23.5 Å². The molecule has 2 aromatic rings. The molecule has 2 heterocycles. The number of ether oxygens (including phenoxy) is 1. The van der Waals surface area contributed by atoms with Crippen molar-refractivity contribution < 1.29 is 23.5 Å². The highest BCUT2D eigenvalue weighted by atomic mass is 16.5. The van der Waals surface area contributed by atoms with E-state index in [-0.39, 0.29) is 23.9 Å². The van der Waals surface area contributed by atoms with Crippen molar-refractivity contribution in [2.24, 2.45) is 0 Å². The highest BCUT2D eigenvalue weighted by Crippen LogP contribution is 2.26. The number of benzene rings is 1. The summed E-state index contributed by atoms with van der Waals surface area (Å²) in [6, 6.07) is 7.70. The van der Waals surface area contributed by atoms with Crippen LogP contribution < -0.4 is 10.6 Å². The number of anilines is 1. The summed E-state index contributed by atoms with van der Waals surface area (Å²) in [4.78, 5) is 37.9. The molecule has 1 aromatic carbocycles. The number of methoxy groups -OCH3 is 1. The number of carbonyl (C=O) groups excluding carboxylic acids is 3. The number of furan rings is 1. The number of urea groups is 1. The molecule has 0 radical (unpaired) electrons. The SMILES string of the molecule is COCCCN1C(=O)c2ccc(NC(=O)NCc3ccco3)cc2C1=O. The van der Waals surface area contributed by atoms with Crippen LogP contribution in [-0.2, 0) is 11.3 Å². The highest BCUT2D eigenvalue weighted by molar-refractivity contribution is 6.21. The minimum atomic E-state index is -0.435. The molecule has 3 rings (SSSR count). The molecule has 26 heavy (non-hydrogen) atoms. The largest absolute Gasteiger partial charge is 0.467 e. The fourth-order valence-electron chi connectivity index (χ4n) is 2.69. The average Bonchev–Trinajstić information content (AvgIpc) is 3.23. The summed E-state index contributed by atoms with van der Waals surface area (Å²) >= 11 is 0. The van der Waals surface area contributed by atoms with Crippen LogP contribution in [0.5, 0.6) is 0 Å². The van der Waals surface area contributed by atoms with Crippen molar-refractivity contribution in [2.75, 3.05) is 25.6 Å². The van der Waals surface area contributed by atoms with Gasteiger partial charge in [0.2, 0.25) is 0 Å². The number of imide groups is 1. The maximum absolute atomic E-state index is 12.4. The quantitative estimate of drug-likeness (QED) is 0.585. The fourth-order valence-corrected chi connectivity index (χ4v) is 2.69. The van der Waals surface area contributed by atoms with Gasteiger partial charge in [0.1, 0.15) is 5.76 Å². The Morgan fingerprint density at radius 3 is 2.73 bits per heavy atom. The summed E-state index contributed by atoms with van der Waals surface area (Å²) in [5, 5.41) is 5.29. The molecule has 4 amide bonds.